The van der Waals surface area contributed by atoms with Crippen LogP contribution in [0.5, 0.6) is 11.5 Å². The van der Waals surface area contributed by atoms with Crippen LogP contribution in [0.2, 0.25) is 0 Å². The van der Waals surface area contributed by atoms with E-state index in [1.165, 1.54) is 11.8 Å². The van der Waals surface area contributed by atoms with Crippen molar-refractivity contribution in [2.24, 2.45) is 0 Å². The number of carbonyl (C=O) groups excluding carboxylic acids is 2. The van der Waals surface area contributed by atoms with Gasteiger partial charge in [-0.2, -0.15) is 0 Å². The third kappa shape index (κ3) is 3.43. The first kappa shape index (κ1) is 21.4. The predicted octanol–water partition coefficient (Wildman–Crippen LogP) is 4.29. The standard InChI is InChI=1S/C26H24N2O4S/c1-31-20-9-5-7-18(15-20)17-27-23-12-4-3-11-22(23)26(25(27)30)28(13-14-33-26)24(29)19-8-6-10-21(16-19)32-2/h3-12,15-16H,13-14,17H2,1-2H3/t26-/m0/s1. The number of methoxy groups -OCH3 is 2. The van der Waals surface area contributed by atoms with Crippen LogP contribution in [0.15, 0.2) is 72.8 Å². The summed E-state index contributed by atoms with van der Waals surface area (Å²) in [6.45, 7) is 0.893. The Labute approximate surface area is 197 Å². The molecular formula is C26H24N2O4S. The summed E-state index contributed by atoms with van der Waals surface area (Å²) in [4.78, 5) is 30.2. The fourth-order valence-electron chi connectivity index (χ4n) is 4.59. The summed E-state index contributed by atoms with van der Waals surface area (Å²) in [6.07, 6.45) is 0. The van der Waals surface area contributed by atoms with Crippen molar-refractivity contribution in [1.82, 2.24) is 4.90 Å². The zero-order chi connectivity index (χ0) is 23.0. The number of para-hydroxylation sites is 1. The lowest BCUT2D eigenvalue weighted by Gasteiger charge is -2.33. The summed E-state index contributed by atoms with van der Waals surface area (Å²) < 4.78 is 10.7. The number of amides is 2. The molecule has 0 N–H and O–H groups in total. The van der Waals surface area contributed by atoms with E-state index in [1.807, 2.05) is 48.5 Å². The summed E-state index contributed by atoms with van der Waals surface area (Å²) in [7, 11) is 3.20. The number of hydrogen-bond acceptors (Lipinski definition) is 5. The Balaban J connectivity index is 1.55. The van der Waals surface area contributed by atoms with Crippen molar-refractivity contribution in [2.75, 3.05) is 31.4 Å². The molecule has 1 fully saturated rings. The number of hydrogen-bond donors (Lipinski definition) is 0. The molecule has 1 spiro atoms. The number of carbonyl (C=O) groups is 2. The van der Waals surface area contributed by atoms with Crippen LogP contribution in [0.3, 0.4) is 0 Å². The number of nitrogens with zero attached hydrogens (tertiary/aromatic N) is 2. The summed E-state index contributed by atoms with van der Waals surface area (Å²) in [6, 6.07) is 22.6. The second-order valence-corrected chi connectivity index (χ2v) is 9.23. The maximum atomic E-state index is 14.1. The van der Waals surface area contributed by atoms with Crippen LogP contribution in [0.25, 0.3) is 0 Å². The molecule has 2 amide bonds. The van der Waals surface area contributed by atoms with Crippen molar-refractivity contribution in [3.63, 3.8) is 0 Å². The van der Waals surface area contributed by atoms with Gasteiger partial charge < -0.3 is 19.3 Å². The van der Waals surface area contributed by atoms with Crippen molar-refractivity contribution in [3.8, 4) is 11.5 Å². The Morgan fingerprint density at radius 1 is 0.970 bits per heavy atom. The van der Waals surface area contributed by atoms with E-state index in [4.69, 9.17) is 9.47 Å². The SMILES string of the molecule is COc1cccc(CN2C(=O)[C@@]3(SCCN3C(=O)c3cccc(OC)c3)c3ccccc32)c1. The summed E-state index contributed by atoms with van der Waals surface area (Å²) in [5.74, 6) is 1.77. The van der Waals surface area contributed by atoms with Gasteiger partial charge in [-0.1, -0.05) is 36.4 Å². The number of thioether (sulfide) groups is 1. The highest BCUT2D eigenvalue weighted by Gasteiger charge is 2.59. The Hall–Kier alpha value is -3.45. The first-order chi connectivity index (χ1) is 16.1. The van der Waals surface area contributed by atoms with Gasteiger partial charge in [-0.25, -0.2) is 0 Å². The van der Waals surface area contributed by atoms with Gasteiger partial charge in [0.05, 0.1) is 26.5 Å². The minimum Gasteiger partial charge on any atom is -0.497 e. The first-order valence-electron chi connectivity index (χ1n) is 10.7. The molecular weight excluding hydrogens is 436 g/mol. The molecule has 5 rings (SSSR count). The van der Waals surface area contributed by atoms with E-state index >= 15 is 0 Å². The van der Waals surface area contributed by atoms with E-state index in [0.29, 0.717) is 30.2 Å². The zero-order valence-corrected chi connectivity index (χ0v) is 19.3. The van der Waals surface area contributed by atoms with Gasteiger partial charge in [0.25, 0.3) is 11.8 Å². The summed E-state index contributed by atoms with van der Waals surface area (Å²) in [5.41, 5.74) is 3.16. The van der Waals surface area contributed by atoms with Crippen molar-refractivity contribution in [3.05, 3.63) is 89.5 Å². The van der Waals surface area contributed by atoms with Gasteiger partial charge in [0.15, 0.2) is 4.87 Å². The molecule has 2 aliphatic heterocycles. The maximum Gasteiger partial charge on any atom is 0.268 e. The van der Waals surface area contributed by atoms with Crippen molar-refractivity contribution in [2.45, 2.75) is 11.4 Å². The normalized spacial score (nSPS) is 19.2. The third-order valence-corrected chi connectivity index (χ3v) is 7.56. The molecule has 1 saturated heterocycles. The Kier molecular flexibility index (Phi) is 5.50. The highest BCUT2D eigenvalue weighted by atomic mass is 32.2. The fourth-order valence-corrected chi connectivity index (χ4v) is 6.05. The van der Waals surface area contributed by atoms with Gasteiger partial charge in [0.2, 0.25) is 0 Å². The van der Waals surface area contributed by atoms with E-state index in [9.17, 15) is 9.59 Å². The highest BCUT2D eigenvalue weighted by molar-refractivity contribution is 8.01. The van der Waals surface area contributed by atoms with E-state index in [-0.39, 0.29) is 11.8 Å². The minimum atomic E-state index is -1.07. The molecule has 3 aromatic rings. The van der Waals surface area contributed by atoms with Gasteiger partial charge in [-0.05, 0) is 42.0 Å². The van der Waals surface area contributed by atoms with Crippen LogP contribution in [-0.2, 0) is 16.2 Å². The molecule has 0 saturated carbocycles. The van der Waals surface area contributed by atoms with Crippen LogP contribution in [0.4, 0.5) is 5.69 Å². The molecule has 2 heterocycles. The summed E-state index contributed by atoms with van der Waals surface area (Å²) >= 11 is 1.52. The Morgan fingerprint density at radius 2 is 1.70 bits per heavy atom. The average Bonchev–Trinajstić information content (AvgIpc) is 3.41. The van der Waals surface area contributed by atoms with Crippen molar-refractivity contribution in [1.29, 1.82) is 0 Å². The van der Waals surface area contributed by atoms with Crippen LogP contribution < -0.4 is 14.4 Å². The van der Waals surface area contributed by atoms with Gasteiger partial charge in [0, 0.05) is 23.4 Å². The largest absolute Gasteiger partial charge is 0.497 e. The highest BCUT2D eigenvalue weighted by Crippen LogP contribution is 2.54. The molecule has 0 radical (unpaired) electrons. The molecule has 2 aliphatic rings. The molecule has 0 aliphatic carbocycles. The predicted molar refractivity (Wildman–Crippen MR) is 129 cm³/mol. The second kappa shape index (κ2) is 8.48. The molecule has 6 nitrogen and oxygen atoms in total. The quantitative estimate of drug-likeness (QED) is 0.569. The van der Waals surface area contributed by atoms with E-state index in [2.05, 4.69) is 0 Å². The van der Waals surface area contributed by atoms with Gasteiger partial charge in [-0.3, -0.25) is 9.59 Å². The second-order valence-electron chi connectivity index (χ2n) is 7.94. The lowest BCUT2D eigenvalue weighted by molar-refractivity contribution is -0.123. The van der Waals surface area contributed by atoms with Crippen LogP contribution in [0, 0.1) is 0 Å². The smallest absolute Gasteiger partial charge is 0.268 e. The molecule has 1 atom stereocenters. The van der Waals surface area contributed by atoms with Crippen LogP contribution in [-0.4, -0.2) is 43.2 Å². The minimum absolute atomic E-state index is 0.0923. The molecule has 0 bridgehead atoms. The van der Waals surface area contributed by atoms with Crippen molar-refractivity contribution >= 4 is 29.3 Å². The maximum absolute atomic E-state index is 14.1. The Morgan fingerprint density at radius 3 is 2.48 bits per heavy atom. The molecule has 0 unspecified atom stereocenters. The lowest BCUT2D eigenvalue weighted by Crippen LogP contribution is -2.50. The molecule has 33 heavy (non-hydrogen) atoms. The van der Waals surface area contributed by atoms with Crippen molar-refractivity contribution < 1.29 is 19.1 Å². The number of anilines is 1. The van der Waals surface area contributed by atoms with E-state index in [1.54, 1.807) is 48.3 Å². The zero-order valence-electron chi connectivity index (χ0n) is 18.5. The topological polar surface area (TPSA) is 59.1 Å². The lowest BCUT2D eigenvalue weighted by atomic mass is 10.0. The Bertz CT molecular complexity index is 1230. The van der Waals surface area contributed by atoms with Gasteiger partial charge >= 0.3 is 0 Å². The van der Waals surface area contributed by atoms with Crippen LogP contribution >= 0.6 is 11.8 Å². The van der Waals surface area contributed by atoms with E-state index < -0.39 is 4.87 Å². The van der Waals surface area contributed by atoms with Gasteiger partial charge in [0.1, 0.15) is 11.5 Å². The van der Waals surface area contributed by atoms with Crippen LogP contribution in [0.1, 0.15) is 21.5 Å². The average molecular weight is 461 g/mol. The summed E-state index contributed by atoms with van der Waals surface area (Å²) in [5, 5.41) is 0. The number of benzene rings is 3. The molecule has 0 aromatic heterocycles. The number of rotatable bonds is 5. The first-order valence-corrected chi connectivity index (χ1v) is 11.7. The number of fused-ring (bicyclic) bond motifs is 2. The molecule has 7 heteroatoms. The number of ether oxygens (including phenoxy) is 2. The van der Waals surface area contributed by atoms with Gasteiger partial charge in [-0.15, -0.1) is 11.8 Å². The van der Waals surface area contributed by atoms with E-state index in [0.717, 1.165) is 22.6 Å². The monoisotopic (exact) mass is 460 g/mol. The molecule has 3 aromatic carbocycles. The molecule has 168 valence electrons. The third-order valence-electron chi connectivity index (χ3n) is 6.14. The fraction of sp³-hybridized carbons (Fsp3) is 0.231.